The topological polar surface area (TPSA) is 50.8 Å². The molecule has 2 saturated heterocycles. The molecule has 2 aromatic carbocycles. The molecule has 2 aliphatic heterocycles. The van der Waals surface area contributed by atoms with Gasteiger partial charge >= 0.3 is 18.4 Å². The zero-order chi connectivity index (χ0) is 26.1. The number of ether oxygens (including phenoxy) is 2. The van der Waals surface area contributed by atoms with Gasteiger partial charge < -0.3 is 19.7 Å². The van der Waals surface area contributed by atoms with Crippen molar-refractivity contribution in [3.05, 3.63) is 70.8 Å². The molecular formula is C25H26F6N2O3. The second-order valence-electron chi connectivity index (χ2n) is 9.02. The Morgan fingerprint density at radius 2 is 1.69 bits per heavy atom. The molecule has 2 amide bonds. The van der Waals surface area contributed by atoms with Crippen molar-refractivity contribution in [2.24, 2.45) is 5.92 Å². The predicted octanol–water partition coefficient (Wildman–Crippen LogP) is 5.97. The van der Waals surface area contributed by atoms with Gasteiger partial charge in [0.05, 0.1) is 23.8 Å². The number of amides is 2. The fraction of sp³-hybridized carbons (Fsp3) is 0.480. The molecule has 0 aliphatic carbocycles. The van der Waals surface area contributed by atoms with Gasteiger partial charge in [-0.15, -0.1) is 0 Å². The monoisotopic (exact) mass is 516 g/mol. The number of benzene rings is 2. The average Bonchev–Trinajstić information content (AvgIpc) is 3.22. The van der Waals surface area contributed by atoms with Crippen molar-refractivity contribution in [3.8, 4) is 0 Å². The van der Waals surface area contributed by atoms with Crippen LogP contribution in [0.1, 0.15) is 47.6 Å². The highest BCUT2D eigenvalue weighted by Crippen LogP contribution is 2.41. The molecule has 2 aliphatic rings. The van der Waals surface area contributed by atoms with Crippen molar-refractivity contribution < 1.29 is 40.6 Å². The Morgan fingerprint density at radius 3 is 2.25 bits per heavy atom. The van der Waals surface area contributed by atoms with E-state index in [0.29, 0.717) is 38.2 Å². The third-order valence-corrected chi connectivity index (χ3v) is 6.57. The van der Waals surface area contributed by atoms with Crippen LogP contribution < -0.4 is 5.32 Å². The molecule has 2 aromatic rings. The molecule has 1 N–H and O–H groups in total. The summed E-state index contributed by atoms with van der Waals surface area (Å²) >= 11 is 0. The summed E-state index contributed by atoms with van der Waals surface area (Å²) in [5.74, 6) is -0.474. The maximum Gasteiger partial charge on any atom is 0.416 e. The number of hydrogen-bond acceptors (Lipinski definition) is 3. The Labute approximate surface area is 204 Å². The first kappa shape index (κ1) is 26.3. The van der Waals surface area contributed by atoms with E-state index in [2.05, 4.69) is 5.32 Å². The lowest BCUT2D eigenvalue weighted by Crippen LogP contribution is -2.43. The largest absolute Gasteiger partial charge is 0.416 e. The fourth-order valence-electron chi connectivity index (χ4n) is 4.74. The van der Waals surface area contributed by atoms with E-state index in [0.717, 1.165) is 5.56 Å². The molecule has 4 rings (SSSR count). The van der Waals surface area contributed by atoms with E-state index in [4.69, 9.17) is 9.47 Å². The zero-order valence-electron chi connectivity index (χ0n) is 19.4. The number of nitrogens with one attached hydrogen (secondary N) is 1. The van der Waals surface area contributed by atoms with Crippen LogP contribution in [0.3, 0.4) is 0 Å². The van der Waals surface area contributed by atoms with Gasteiger partial charge in [0.25, 0.3) is 0 Å². The summed E-state index contributed by atoms with van der Waals surface area (Å²) in [6, 6.07) is 10.5. The lowest BCUT2D eigenvalue weighted by molar-refractivity contribution is -0.209. The molecule has 0 saturated carbocycles. The first-order valence-corrected chi connectivity index (χ1v) is 11.6. The summed E-state index contributed by atoms with van der Waals surface area (Å²) in [7, 11) is 0. The quantitative estimate of drug-likeness (QED) is 0.481. The lowest BCUT2D eigenvalue weighted by atomic mass is 9.81. The highest BCUT2D eigenvalue weighted by molar-refractivity contribution is 5.76. The van der Waals surface area contributed by atoms with Gasteiger partial charge in [0.2, 0.25) is 0 Å². The number of urea groups is 1. The van der Waals surface area contributed by atoms with Gasteiger partial charge in [0.15, 0.2) is 6.29 Å². The van der Waals surface area contributed by atoms with E-state index in [9.17, 15) is 31.1 Å². The molecule has 11 heteroatoms. The summed E-state index contributed by atoms with van der Waals surface area (Å²) in [6.07, 6.45) is -11.4. The molecule has 5 nitrogen and oxygen atoms in total. The van der Waals surface area contributed by atoms with Crippen LogP contribution >= 0.6 is 0 Å². The number of carbonyl (C=O) groups excluding carboxylic acids is 1. The number of carbonyl (C=O) groups is 1. The number of halogens is 6. The molecule has 4 atom stereocenters. The molecule has 36 heavy (non-hydrogen) atoms. The second-order valence-corrected chi connectivity index (χ2v) is 9.02. The van der Waals surface area contributed by atoms with Gasteiger partial charge in [0, 0.05) is 25.6 Å². The Balaban J connectivity index is 1.63. The summed E-state index contributed by atoms with van der Waals surface area (Å²) in [6.45, 7) is 3.18. The smallest absolute Gasteiger partial charge is 0.352 e. The molecule has 0 spiro atoms. The molecule has 0 aromatic heterocycles. The van der Waals surface area contributed by atoms with Crippen molar-refractivity contribution in [2.45, 2.75) is 44.0 Å². The Bertz CT molecular complexity index is 1030. The maximum atomic E-state index is 13.3. The molecular weight excluding hydrogens is 490 g/mol. The minimum atomic E-state index is -4.95. The highest BCUT2D eigenvalue weighted by atomic mass is 19.4. The van der Waals surface area contributed by atoms with Gasteiger partial charge in [-0.25, -0.2) is 4.79 Å². The summed E-state index contributed by atoms with van der Waals surface area (Å²) in [5, 5.41) is 2.75. The van der Waals surface area contributed by atoms with Gasteiger partial charge in [-0.2, -0.15) is 26.3 Å². The SMILES string of the molecule is C[C@@H](O[C@H]1OCC[C@@H](CN2CCNC2=O)[C@@H]1c1ccccc1)c1cc(C(F)(F)F)cc(C(F)(F)F)c1. The molecule has 0 radical (unpaired) electrons. The minimum Gasteiger partial charge on any atom is -0.352 e. The Hall–Kier alpha value is -2.79. The standard InChI is InChI=1S/C25H26F6N2O3/c1-15(18-11-19(24(26,27)28)13-20(12-18)25(29,30)31)36-22-21(16-5-3-2-4-6-16)17(7-10-35-22)14-33-9-8-32-23(33)34/h2-6,11-13,15,17,21-22H,7-10,14H2,1H3,(H,32,34)/t15-,17+,21+,22-/m1/s1. The van der Waals surface area contributed by atoms with Crippen LogP contribution in [-0.4, -0.2) is 43.5 Å². The van der Waals surface area contributed by atoms with Crippen molar-refractivity contribution in [1.82, 2.24) is 10.2 Å². The van der Waals surface area contributed by atoms with Gasteiger partial charge in [0.1, 0.15) is 0 Å². The van der Waals surface area contributed by atoms with E-state index in [1.54, 1.807) is 4.90 Å². The summed E-state index contributed by atoms with van der Waals surface area (Å²) < 4.78 is 92.0. The van der Waals surface area contributed by atoms with E-state index in [-0.39, 0.29) is 36.1 Å². The number of alkyl halides is 6. The summed E-state index contributed by atoms with van der Waals surface area (Å²) in [5.41, 5.74) is -2.21. The first-order chi connectivity index (χ1) is 16.9. The number of rotatable bonds is 6. The maximum absolute atomic E-state index is 13.3. The minimum absolute atomic E-state index is 0.0885. The highest BCUT2D eigenvalue weighted by Gasteiger charge is 2.41. The molecule has 0 bridgehead atoms. The van der Waals surface area contributed by atoms with Crippen molar-refractivity contribution in [2.75, 3.05) is 26.2 Å². The van der Waals surface area contributed by atoms with Gasteiger partial charge in [-0.05, 0) is 48.6 Å². The number of hydrogen-bond donors (Lipinski definition) is 1. The third kappa shape index (κ3) is 5.95. The first-order valence-electron chi connectivity index (χ1n) is 11.6. The van der Waals surface area contributed by atoms with Crippen LogP contribution in [0.2, 0.25) is 0 Å². The Morgan fingerprint density at radius 1 is 1.06 bits per heavy atom. The van der Waals surface area contributed by atoms with Crippen molar-refractivity contribution in [3.63, 3.8) is 0 Å². The van der Waals surface area contributed by atoms with E-state index >= 15 is 0 Å². The zero-order valence-corrected chi connectivity index (χ0v) is 19.4. The second kappa shape index (κ2) is 10.3. The number of nitrogens with zero attached hydrogens (tertiary/aromatic N) is 1. The molecule has 2 heterocycles. The van der Waals surface area contributed by atoms with Gasteiger partial charge in [-0.3, -0.25) is 0 Å². The van der Waals surface area contributed by atoms with Crippen LogP contribution in [0.15, 0.2) is 48.5 Å². The average molecular weight is 516 g/mol. The van der Waals surface area contributed by atoms with E-state index < -0.39 is 35.9 Å². The third-order valence-electron chi connectivity index (χ3n) is 6.57. The van der Waals surface area contributed by atoms with Crippen LogP contribution in [-0.2, 0) is 21.8 Å². The van der Waals surface area contributed by atoms with Crippen LogP contribution in [0.25, 0.3) is 0 Å². The summed E-state index contributed by atoms with van der Waals surface area (Å²) in [4.78, 5) is 13.8. The molecule has 0 unspecified atom stereocenters. The molecule has 196 valence electrons. The van der Waals surface area contributed by atoms with E-state index in [1.807, 2.05) is 30.3 Å². The normalized spacial score (nSPS) is 24.0. The van der Waals surface area contributed by atoms with Crippen LogP contribution in [0.4, 0.5) is 31.1 Å². The van der Waals surface area contributed by atoms with Crippen LogP contribution in [0, 0.1) is 5.92 Å². The Kier molecular flexibility index (Phi) is 7.51. The van der Waals surface area contributed by atoms with Crippen molar-refractivity contribution >= 4 is 6.03 Å². The van der Waals surface area contributed by atoms with Crippen LogP contribution in [0.5, 0.6) is 0 Å². The van der Waals surface area contributed by atoms with E-state index in [1.165, 1.54) is 6.92 Å². The molecule has 2 fully saturated rings. The predicted molar refractivity (Wildman–Crippen MR) is 118 cm³/mol. The van der Waals surface area contributed by atoms with Gasteiger partial charge in [-0.1, -0.05) is 30.3 Å². The van der Waals surface area contributed by atoms with Crippen molar-refractivity contribution in [1.29, 1.82) is 0 Å². The lowest BCUT2D eigenvalue weighted by Gasteiger charge is -2.40. The fourth-order valence-corrected chi connectivity index (χ4v) is 4.74.